The van der Waals surface area contributed by atoms with Gasteiger partial charge in [-0.15, -0.1) is 0 Å². The number of aromatic nitrogens is 1. The minimum atomic E-state index is -0.732. The molecule has 1 aromatic rings. The van der Waals surface area contributed by atoms with E-state index in [-0.39, 0.29) is 24.3 Å². The highest BCUT2D eigenvalue weighted by Crippen LogP contribution is 2.26. The number of amides is 1. The third kappa shape index (κ3) is 6.44. The molecule has 1 saturated heterocycles. The monoisotopic (exact) mass is 415 g/mol. The molecule has 1 aromatic heterocycles. The van der Waals surface area contributed by atoms with Crippen LogP contribution in [0.1, 0.15) is 93.6 Å². The molecule has 2 heterocycles. The molecule has 2 N–H and O–H groups in total. The van der Waals surface area contributed by atoms with Gasteiger partial charge in [0, 0.05) is 25.6 Å². The predicted octanol–water partition coefficient (Wildman–Crippen LogP) is 4.57. The van der Waals surface area contributed by atoms with Gasteiger partial charge in [-0.25, -0.2) is 4.98 Å². The molecule has 1 unspecified atom stereocenters. The third-order valence-electron chi connectivity index (χ3n) is 6.47. The first-order chi connectivity index (χ1) is 14.6. The predicted molar refractivity (Wildman–Crippen MR) is 119 cm³/mol. The highest BCUT2D eigenvalue weighted by atomic mass is 16.4. The van der Waals surface area contributed by atoms with Crippen molar-refractivity contribution in [3.8, 4) is 0 Å². The number of piperidine rings is 1. The van der Waals surface area contributed by atoms with Gasteiger partial charge in [0.05, 0.1) is 11.3 Å². The normalized spacial score (nSPS) is 20.2. The van der Waals surface area contributed by atoms with E-state index in [2.05, 4.69) is 17.1 Å². The number of pyridine rings is 1. The molecule has 1 saturated carbocycles. The van der Waals surface area contributed by atoms with Gasteiger partial charge in [-0.1, -0.05) is 39.0 Å². The first-order valence-corrected chi connectivity index (χ1v) is 11.8. The number of carbonyl (C=O) groups excluding carboxylic acids is 1. The summed E-state index contributed by atoms with van der Waals surface area (Å²) in [6.45, 7) is 3.79. The number of rotatable bonds is 9. The molecule has 1 amide bonds. The lowest BCUT2D eigenvalue weighted by atomic mass is 9.94. The van der Waals surface area contributed by atoms with Gasteiger partial charge < -0.3 is 15.3 Å². The van der Waals surface area contributed by atoms with Crippen LogP contribution in [0.25, 0.3) is 0 Å². The number of aryl methyl sites for hydroxylation is 1. The van der Waals surface area contributed by atoms with Gasteiger partial charge in [0.25, 0.3) is 5.91 Å². The Kier molecular flexibility index (Phi) is 8.52. The third-order valence-corrected chi connectivity index (χ3v) is 6.47. The van der Waals surface area contributed by atoms with Crippen molar-refractivity contribution >= 4 is 17.7 Å². The molecule has 3 rings (SSSR count). The lowest BCUT2D eigenvalue weighted by molar-refractivity contribution is -0.138. The minimum Gasteiger partial charge on any atom is -0.481 e. The second kappa shape index (κ2) is 11.3. The summed E-state index contributed by atoms with van der Waals surface area (Å²) in [6.07, 6.45) is 12.0. The van der Waals surface area contributed by atoms with E-state index < -0.39 is 5.97 Å². The minimum absolute atomic E-state index is 0.00912. The van der Waals surface area contributed by atoms with Crippen molar-refractivity contribution in [2.24, 2.45) is 5.92 Å². The highest BCUT2D eigenvalue weighted by Gasteiger charge is 2.25. The van der Waals surface area contributed by atoms with Gasteiger partial charge in [0.1, 0.15) is 5.82 Å². The van der Waals surface area contributed by atoms with Crippen LogP contribution in [0, 0.1) is 5.92 Å². The van der Waals surface area contributed by atoms with Crippen molar-refractivity contribution in [1.82, 2.24) is 10.3 Å². The second-order valence-corrected chi connectivity index (χ2v) is 8.98. The number of carboxylic acid groups (broad SMARTS) is 1. The molecule has 0 bridgehead atoms. The van der Waals surface area contributed by atoms with Crippen molar-refractivity contribution < 1.29 is 14.7 Å². The highest BCUT2D eigenvalue weighted by molar-refractivity contribution is 5.95. The van der Waals surface area contributed by atoms with Gasteiger partial charge in [0.2, 0.25) is 0 Å². The Morgan fingerprint density at radius 3 is 2.67 bits per heavy atom. The van der Waals surface area contributed by atoms with Crippen LogP contribution in [-0.2, 0) is 11.2 Å². The van der Waals surface area contributed by atoms with Crippen LogP contribution in [0.2, 0.25) is 0 Å². The van der Waals surface area contributed by atoms with Gasteiger partial charge in [0.15, 0.2) is 0 Å². The molecule has 6 nitrogen and oxygen atoms in total. The maximum atomic E-state index is 13.0. The Bertz CT molecular complexity index is 716. The van der Waals surface area contributed by atoms with Crippen LogP contribution in [-0.4, -0.2) is 41.1 Å². The Balaban J connectivity index is 1.74. The van der Waals surface area contributed by atoms with Crippen LogP contribution >= 0.6 is 0 Å². The molecule has 1 atom stereocenters. The standard InChI is InChI=1S/C24H37N3O3/c1-2-3-5-12-21-20(24(30)25-19-10-6-4-7-11-19)13-14-22(26-21)27-15-8-9-18(17-27)16-23(28)29/h13-14,18-19H,2-12,15-17H2,1H3,(H,25,30)(H,28,29). The maximum absolute atomic E-state index is 13.0. The number of hydrogen-bond acceptors (Lipinski definition) is 4. The summed E-state index contributed by atoms with van der Waals surface area (Å²) in [6, 6.07) is 4.17. The fraction of sp³-hybridized carbons (Fsp3) is 0.708. The summed E-state index contributed by atoms with van der Waals surface area (Å²) in [7, 11) is 0. The molecule has 166 valence electrons. The molecule has 0 aromatic carbocycles. The zero-order valence-electron chi connectivity index (χ0n) is 18.4. The van der Waals surface area contributed by atoms with Crippen LogP contribution < -0.4 is 10.2 Å². The number of carbonyl (C=O) groups is 2. The molecular formula is C24H37N3O3. The lowest BCUT2D eigenvalue weighted by Crippen LogP contribution is -2.38. The van der Waals surface area contributed by atoms with E-state index in [4.69, 9.17) is 10.1 Å². The molecule has 1 aliphatic carbocycles. The van der Waals surface area contributed by atoms with E-state index in [1.807, 2.05) is 12.1 Å². The summed E-state index contributed by atoms with van der Waals surface area (Å²) in [5.74, 6) is 0.321. The second-order valence-electron chi connectivity index (χ2n) is 8.98. The number of hydrogen-bond donors (Lipinski definition) is 2. The number of nitrogens with zero attached hydrogens (tertiary/aromatic N) is 2. The topological polar surface area (TPSA) is 82.5 Å². The molecule has 0 spiro atoms. The summed E-state index contributed by atoms with van der Waals surface area (Å²) in [5.41, 5.74) is 1.59. The van der Waals surface area contributed by atoms with Crippen LogP contribution in [0.3, 0.4) is 0 Å². The van der Waals surface area contributed by atoms with Crippen molar-refractivity contribution in [3.63, 3.8) is 0 Å². The molecule has 6 heteroatoms. The number of aliphatic carboxylic acids is 1. The summed E-state index contributed by atoms with van der Waals surface area (Å²) in [5, 5.41) is 12.4. The van der Waals surface area contributed by atoms with Crippen LogP contribution in [0.5, 0.6) is 0 Å². The Hall–Kier alpha value is -2.11. The van der Waals surface area contributed by atoms with E-state index >= 15 is 0 Å². The van der Waals surface area contributed by atoms with Crippen molar-refractivity contribution in [2.45, 2.75) is 90.0 Å². The fourth-order valence-electron chi connectivity index (χ4n) is 4.80. The van der Waals surface area contributed by atoms with Crippen molar-refractivity contribution in [1.29, 1.82) is 0 Å². The average Bonchev–Trinajstić information content (AvgIpc) is 2.74. The SMILES string of the molecule is CCCCCc1nc(N2CCCC(CC(=O)O)C2)ccc1C(=O)NC1CCCCC1. The Labute approximate surface area is 180 Å². The maximum Gasteiger partial charge on any atom is 0.303 e. The summed E-state index contributed by atoms with van der Waals surface area (Å²) >= 11 is 0. The lowest BCUT2D eigenvalue weighted by Gasteiger charge is -2.33. The number of carboxylic acids is 1. The Morgan fingerprint density at radius 1 is 1.13 bits per heavy atom. The molecule has 1 aliphatic heterocycles. The van der Waals surface area contributed by atoms with Gasteiger partial charge >= 0.3 is 5.97 Å². The van der Waals surface area contributed by atoms with Crippen molar-refractivity contribution in [3.05, 3.63) is 23.4 Å². The number of anilines is 1. The van der Waals surface area contributed by atoms with E-state index in [9.17, 15) is 9.59 Å². The molecule has 30 heavy (non-hydrogen) atoms. The largest absolute Gasteiger partial charge is 0.481 e. The van der Waals surface area contributed by atoms with E-state index in [0.29, 0.717) is 5.56 Å². The van der Waals surface area contributed by atoms with Crippen LogP contribution in [0.15, 0.2) is 12.1 Å². The van der Waals surface area contributed by atoms with E-state index in [0.717, 1.165) is 76.0 Å². The zero-order chi connectivity index (χ0) is 21.3. The number of unbranched alkanes of at least 4 members (excludes halogenated alkanes) is 2. The van der Waals surface area contributed by atoms with E-state index in [1.54, 1.807) is 0 Å². The van der Waals surface area contributed by atoms with Gasteiger partial charge in [-0.05, 0) is 56.6 Å². The quantitative estimate of drug-likeness (QED) is 0.578. The first kappa shape index (κ1) is 22.6. The Morgan fingerprint density at radius 2 is 1.93 bits per heavy atom. The smallest absolute Gasteiger partial charge is 0.303 e. The first-order valence-electron chi connectivity index (χ1n) is 11.8. The van der Waals surface area contributed by atoms with Gasteiger partial charge in [-0.2, -0.15) is 0 Å². The van der Waals surface area contributed by atoms with Crippen molar-refractivity contribution in [2.75, 3.05) is 18.0 Å². The zero-order valence-corrected chi connectivity index (χ0v) is 18.4. The molecule has 2 aliphatic rings. The number of nitrogens with one attached hydrogen (secondary N) is 1. The summed E-state index contributed by atoms with van der Waals surface area (Å²) in [4.78, 5) is 31.2. The van der Waals surface area contributed by atoms with Crippen LogP contribution in [0.4, 0.5) is 5.82 Å². The van der Waals surface area contributed by atoms with Gasteiger partial charge in [-0.3, -0.25) is 9.59 Å². The molecular weight excluding hydrogens is 378 g/mol. The average molecular weight is 416 g/mol. The molecule has 2 fully saturated rings. The van der Waals surface area contributed by atoms with E-state index in [1.165, 1.54) is 19.3 Å². The molecule has 0 radical (unpaired) electrons. The summed E-state index contributed by atoms with van der Waals surface area (Å²) < 4.78 is 0. The fourth-order valence-corrected chi connectivity index (χ4v) is 4.80.